The number of fused-ring (bicyclic) bond motifs is 1. The number of esters is 1. The molecule has 1 aromatic heterocycles. The molecule has 0 radical (unpaired) electrons. The van der Waals surface area contributed by atoms with E-state index >= 15 is 0 Å². The molecule has 0 unspecified atom stereocenters. The Morgan fingerprint density at radius 2 is 1.69 bits per heavy atom. The lowest BCUT2D eigenvalue weighted by Gasteiger charge is -2.43. The maximum atomic E-state index is 14.3. The number of carbonyl (C=O) groups is 5. The lowest BCUT2D eigenvalue weighted by atomic mass is 9.87. The van der Waals surface area contributed by atoms with Crippen molar-refractivity contribution in [1.29, 1.82) is 0 Å². The van der Waals surface area contributed by atoms with Crippen LogP contribution in [-0.2, 0) is 44.6 Å². The fourth-order valence-electron chi connectivity index (χ4n) is 7.95. The number of imide groups is 1. The largest absolute Gasteiger partial charge is 0.467 e. The van der Waals surface area contributed by atoms with Gasteiger partial charge >= 0.3 is 5.97 Å². The SMILES string of the molecule is CC[C@H](C)[C@@H]([C@@H](CC(=O)N1CCC[C@H]1[C@H](OC)[C@@H](C)C(=O)N[C@@H](Cc1c[nH]c2ccccc12)C(=O)OC)OC)N(C)[C@H](C(=O)NC(=O)C(C)(C)NC)C(C)C. The quantitative estimate of drug-likeness (QED) is 0.146. The summed E-state index contributed by atoms with van der Waals surface area (Å²) in [4.78, 5) is 74.6. The number of aromatic nitrogens is 1. The molecule has 4 N–H and O–H groups in total. The van der Waals surface area contributed by atoms with Gasteiger partial charge in [0.25, 0.3) is 0 Å². The Labute approximate surface area is 327 Å². The van der Waals surface area contributed by atoms with E-state index in [9.17, 15) is 24.0 Å². The van der Waals surface area contributed by atoms with Gasteiger partial charge in [-0.2, -0.15) is 0 Å². The van der Waals surface area contributed by atoms with Crippen molar-refractivity contribution in [2.45, 2.75) is 122 Å². The lowest BCUT2D eigenvalue weighted by Crippen LogP contribution is -2.61. The summed E-state index contributed by atoms with van der Waals surface area (Å²) in [5.74, 6) is -2.77. The highest BCUT2D eigenvalue weighted by Gasteiger charge is 2.44. The topological polar surface area (TPSA) is 171 Å². The smallest absolute Gasteiger partial charge is 0.328 e. The Balaban J connectivity index is 1.80. The first kappa shape index (κ1) is 45.5. The summed E-state index contributed by atoms with van der Waals surface area (Å²) in [5.41, 5.74) is 0.851. The van der Waals surface area contributed by atoms with E-state index in [1.54, 1.807) is 39.8 Å². The first-order chi connectivity index (χ1) is 26.0. The van der Waals surface area contributed by atoms with Crippen LogP contribution >= 0.6 is 0 Å². The minimum atomic E-state index is -0.946. The number of para-hydroxylation sites is 1. The number of hydrogen-bond acceptors (Lipinski definition) is 10. The normalized spacial score (nSPS) is 18.7. The minimum absolute atomic E-state index is 0.0260. The van der Waals surface area contributed by atoms with Crippen molar-refractivity contribution in [1.82, 2.24) is 30.7 Å². The third-order valence-corrected chi connectivity index (χ3v) is 11.6. The van der Waals surface area contributed by atoms with Gasteiger partial charge in [0, 0.05) is 50.3 Å². The first-order valence-corrected chi connectivity index (χ1v) is 19.5. The number of amides is 4. The molecular weight excluding hydrogens is 704 g/mol. The number of nitrogens with one attached hydrogen (secondary N) is 4. The van der Waals surface area contributed by atoms with Crippen molar-refractivity contribution in [3.05, 3.63) is 36.0 Å². The van der Waals surface area contributed by atoms with Crippen LogP contribution in [0.3, 0.4) is 0 Å². The Morgan fingerprint density at radius 1 is 1.02 bits per heavy atom. The summed E-state index contributed by atoms with van der Waals surface area (Å²) in [5, 5.41) is 9.39. The van der Waals surface area contributed by atoms with Gasteiger partial charge in [-0.15, -0.1) is 0 Å². The second kappa shape index (κ2) is 20.4. The van der Waals surface area contributed by atoms with Crippen LogP contribution in [0, 0.1) is 17.8 Å². The van der Waals surface area contributed by atoms with Crippen molar-refractivity contribution in [3.63, 3.8) is 0 Å². The molecule has 2 aromatic rings. The van der Waals surface area contributed by atoms with Crippen LogP contribution in [0.1, 0.15) is 79.7 Å². The molecule has 1 saturated heterocycles. The van der Waals surface area contributed by atoms with Crippen LogP contribution in [0.5, 0.6) is 0 Å². The number of methoxy groups -OCH3 is 3. The molecule has 308 valence electrons. The van der Waals surface area contributed by atoms with Gasteiger partial charge in [-0.05, 0) is 64.3 Å². The fraction of sp³-hybridized carbons (Fsp3) is 0.683. The number of ether oxygens (including phenoxy) is 3. The summed E-state index contributed by atoms with van der Waals surface area (Å²) >= 11 is 0. The van der Waals surface area contributed by atoms with Crippen molar-refractivity contribution in [2.75, 3.05) is 42.0 Å². The van der Waals surface area contributed by atoms with Gasteiger partial charge in [-0.1, -0.05) is 59.2 Å². The van der Waals surface area contributed by atoms with Gasteiger partial charge in [0.05, 0.1) is 49.3 Å². The summed E-state index contributed by atoms with van der Waals surface area (Å²) in [6.45, 7) is 13.6. The van der Waals surface area contributed by atoms with Crippen LogP contribution in [-0.4, -0.2) is 128 Å². The highest BCUT2D eigenvalue weighted by atomic mass is 16.5. The summed E-state index contributed by atoms with van der Waals surface area (Å²) < 4.78 is 17.1. The van der Waals surface area contributed by atoms with Crippen LogP contribution < -0.4 is 16.0 Å². The molecule has 4 amide bonds. The van der Waals surface area contributed by atoms with Crippen molar-refractivity contribution >= 4 is 40.5 Å². The van der Waals surface area contributed by atoms with Gasteiger partial charge in [0.1, 0.15) is 6.04 Å². The number of carbonyl (C=O) groups excluding carboxylic acids is 5. The number of likely N-dealkylation sites (N-methyl/N-ethyl adjacent to an activating group) is 2. The van der Waals surface area contributed by atoms with Gasteiger partial charge in [-0.25, -0.2) is 4.79 Å². The number of benzene rings is 1. The van der Waals surface area contributed by atoms with Crippen molar-refractivity contribution in [3.8, 4) is 0 Å². The minimum Gasteiger partial charge on any atom is -0.467 e. The maximum Gasteiger partial charge on any atom is 0.328 e. The Kier molecular flexibility index (Phi) is 16.9. The van der Waals surface area contributed by atoms with E-state index < -0.39 is 59.6 Å². The summed E-state index contributed by atoms with van der Waals surface area (Å²) in [7, 11) is 7.92. The molecule has 1 aliphatic rings. The number of hydrogen-bond donors (Lipinski definition) is 4. The predicted molar refractivity (Wildman–Crippen MR) is 212 cm³/mol. The number of aromatic amines is 1. The standard InChI is InChI=1S/C41H66N6O8/c1-13-25(4)35(46(9)34(24(2)3)38(50)45-40(52)41(6,7)42-8)32(53-10)22-33(48)47-20-16-19-31(47)36(54-11)26(5)37(49)44-30(39(51)55-12)21-27-23-43-29-18-15-14-17-28(27)29/h14-15,17-18,23-26,30-32,34-36,42-43H,13,16,19-22H2,1-12H3,(H,44,49)(H,45,50,52)/t25-,26+,30-,31-,32+,34-,35-,36+/m0/s1. The Bertz CT molecular complexity index is 1610. The van der Waals surface area contributed by atoms with Crippen LogP contribution in [0.4, 0.5) is 0 Å². The molecule has 1 aromatic carbocycles. The Hall–Kier alpha value is -3.85. The van der Waals surface area contributed by atoms with Crippen LogP contribution in [0.2, 0.25) is 0 Å². The fourth-order valence-corrected chi connectivity index (χ4v) is 7.95. The van der Waals surface area contributed by atoms with Gasteiger partial charge in [0.2, 0.25) is 23.6 Å². The zero-order valence-electron chi connectivity index (χ0n) is 35.0. The second-order valence-corrected chi connectivity index (χ2v) is 15.8. The number of H-pyrrole nitrogens is 1. The summed E-state index contributed by atoms with van der Waals surface area (Å²) in [6.07, 6.45) is 2.99. The van der Waals surface area contributed by atoms with Crippen molar-refractivity contribution in [2.24, 2.45) is 17.8 Å². The van der Waals surface area contributed by atoms with E-state index in [1.807, 2.05) is 56.3 Å². The monoisotopic (exact) mass is 770 g/mol. The molecule has 1 aliphatic heterocycles. The van der Waals surface area contributed by atoms with E-state index in [0.29, 0.717) is 13.0 Å². The van der Waals surface area contributed by atoms with Crippen molar-refractivity contribution < 1.29 is 38.2 Å². The molecule has 0 aliphatic carbocycles. The third-order valence-electron chi connectivity index (χ3n) is 11.6. The molecule has 8 atom stereocenters. The van der Waals surface area contributed by atoms with Gasteiger partial charge < -0.3 is 34.7 Å². The highest BCUT2D eigenvalue weighted by molar-refractivity contribution is 6.01. The number of nitrogens with zero attached hydrogens (tertiary/aromatic N) is 2. The van der Waals surface area contributed by atoms with Crippen LogP contribution in [0.25, 0.3) is 10.9 Å². The molecule has 14 nitrogen and oxygen atoms in total. The van der Waals surface area contributed by atoms with E-state index in [2.05, 4.69) is 34.8 Å². The zero-order chi connectivity index (χ0) is 41.2. The zero-order valence-corrected chi connectivity index (χ0v) is 35.0. The molecule has 2 heterocycles. The molecule has 0 saturated carbocycles. The van der Waals surface area contributed by atoms with Gasteiger partial charge in [0.15, 0.2) is 0 Å². The van der Waals surface area contributed by atoms with E-state index in [1.165, 1.54) is 14.2 Å². The highest BCUT2D eigenvalue weighted by Crippen LogP contribution is 2.31. The first-order valence-electron chi connectivity index (χ1n) is 19.5. The average Bonchev–Trinajstić information content (AvgIpc) is 3.81. The molecule has 14 heteroatoms. The molecule has 3 rings (SSSR count). The average molecular weight is 771 g/mol. The predicted octanol–water partition coefficient (Wildman–Crippen LogP) is 3.43. The molecule has 1 fully saturated rings. The molecule has 55 heavy (non-hydrogen) atoms. The van der Waals surface area contributed by atoms with E-state index in [4.69, 9.17) is 14.2 Å². The Morgan fingerprint density at radius 3 is 2.27 bits per heavy atom. The second-order valence-electron chi connectivity index (χ2n) is 15.8. The summed E-state index contributed by atoms with van der Waals surface area (Å²) in [6, 6.07) is 5.40. The molecule has 0 bridgehead atoms. The van der Waals surface area contributed by atoms with E-state index in [-0.39, 0.29) is 42.5 Å². The molecule has 0 spiro atoms. The van der Waals surface area contributed by atoms with Crippen LogP contribution in [0.15, 0.2) is 30.5 Å². The lowest BCUT2D eigenvalue weighted by molar-refractivity contribution is -0.147. The third kappa shape index (κ3) is 10.9. The van der Waals surface area contributed by atoms with Gasteiger partial charge in [-0.3, -0.25) is 29.4 Å². The number of likely N-dealkylation sites (tertiary alicyclic amines) is 1. The van der Waals surface area contributed by atoms with E-state index in [0.717, 1.165) is 29.3 Å². The molecular formula is C41H66N6O8. The maximum absolute atomic E-state index is 14.3. The number of rotatable bonds is 20.